The van der Waals surface area contributed by atoms with Crippen molar-refractivity contribution in [2.24, 2.45) is 0 Å². The fourth-order valence-corrected chi connectivity index (χ4v) is 2.75. The van der Waals surface area contributed by atoms with E-state index in [-0.39, 0.29) is 5.69 Å². The molecule has 6 nitrogen and oxygen atoms in total. The Bertz CT molecular complexity index is 1040. The first-order chi connectivity index (χ1) is 12.7. The van der Waals surface area contributed by atoms with Gasteiger partial charge in [-0.25, -0.2) is 4.98 Å². The van der Waals surface area contributed by atoms with E-state index < -0.39 is 5.91 Å². The van der Waals surface area contributed by atoms with Crippen LogP contribution in [0, 0.1) is 5.21 Å². The number of para-hydroxylation sites is 2. The van der Waals surface area contributed by atoms with E-state index >= 15 is 0 Å². The van der Waals surface area contributed by atoms with Crippen LogP contribution in [0.3, 0.4) is 0 Å². The molecular formula is C20H16N4O2. The number of aromatic nitrogens is 3. The second-order valence-electron chi connectivity index (χ2n) is 5.89. The van der Waals surface area contributed by atoms with Crippen LogP contribution in [-0.4, -0.2) is 15.9 Å². The number of amides is 1. The van der Waals surface area contributed by atoms with Gasteiger partial charge in [0, 0.05) is 24.2 Å². The number of benzene rings is 2. The van der Waals surface area contributed by atoms with Gasteiger partial charge in [-0.3, -0.25) is 4.79 Å². The molecule has 0 saturated carbocycles. The van der Waals surface area contributed by atoms with E-state index in [1.807, 2.05) is 48.5 Å². The normalized spacial score (nSPS) is 10.8. The van der Waals surface area contributed by atoms with Crippen LogP contribution >= 0.6 is 0 Å². The number of carbonyl (C=O) groups is 1. The summed E-state index contributed by atoms with van der Waals surface area (Å²) >= 11 is 0. The standard InChI is InChI=1S/C20H16N4O2/c25-20(18-7-3-4-12-24(18)26)21-13-14-8-10-15(11-9-14)19-22-16-5-1-2-6-17(16)23-19/h1-12H,13H2,(H,21,25)(H,22,23). The largest absolute Gasteiger partial charge is 0.618 e. The number of H-pyrrole nitrogens is 1. The van der Waals surface area contributed by atoms with Crippen LogP contribution in [0.5, 0.6) is 0 Å². The van der Waals surface area contributed by atoms with Crippen LogP contribution in [0.1, 0.15) is 16.1 Å². The summed E-state index contributed by atoms with van der Waals surface area (Å²) in [5.74, 6) is 0.403. The molecule has 0 aliphatic carbocycles. The highest BCUT2D eigenvalue weighted by Crippen LogP contribution is 2.20. The van der Waals surface area contributed by atoms with Gasteiger partial charge in [0.25, 0.3) is 5.69 Å². The molecule has 0 spiro atoms. The summed E-state index contributed by atoms with van der Waals surface area (Å²) in [4.78, 5) is 19.9. The quantitative estimate of drug-likeness (QED) is 0.441. The lowest BCUT2D eigenvalue weighted by atomic mass is 10.1. The molecule has 0 radical (unpaired) electrons. The maximum absolute atomic E-state index is 12.1. The van der Waals surface area contributed by atoms with Gasteiger partial charge in [0.1, 0.15) is 5.82 Å². The number of fused-ring (bicyclic) bond motifs is 1. The number of carbonyl (C=O) groups excluding carboxylic acids is 1. The van der Waals surface area contributed by atoms with Crippen LogP contribution in [0.2, 0.25) is 0 Å². The molecule has 0 aliphatic rings. The molecule has 26 heavy (non-hydrogen) atoms. The Hall–Kier alpha value is -3.67. The molecule has 4 rings (SSSR count). The van der Waals surface area contributed by atoms with Crippen molar-refractivity contribution in [1.82, 2.24) is 15.3 Å². The molecule has 0 unspecified atom stereocenters. The van der Waals surface area contributed by atoms with Crippen molar-refractivity contribution in [3.8, 4) is 11.4 Å². The summed E-state index contributed by atoms with van der Waals surface area (Å²) in [6, 6.07) is 20.4. The maximum atomic E-state index is 12.1. The van der Waals surface area contributed by atoms with Crippen LogP contribution in [0.4, 0.5) is 0 Å². The van der Waals surface area contributed by atoms with Gasteiger partial charge in [-0.15, -0.1) is 0 Å². The van der Waals surface area contributed by atoms with Gasteiger partial charge < -0.3 is 15.5 Å². The molecule has 0 bridgehead atoms. The third-order valence-electron chi connectivity index (χ3n) is 4.13. The van der Waals surface area contributed by atoms with Crippen molar-refractivity contribution in [3.05, 3.63) is 89.4 Å². The lowest BCUT2D eigenvalue weighted by Crippen LogP contribution is -2.38. The van der Waals surface area contributed by atoms with Gasteiger partial charge in [-0.05, 0) is 23.8 Å². The lowest BCUT2D eigenvalue weighted by Gasteiger charge is -2.06. The molecule has 2 aromatic heterocycles. The molecule has 0 saturated heterocycles. The summed E-state index contributed by atoms with van der Waals surface area (Å²) in [5, 5.41) is 14.3. The van der Waals surface area contributed by atoms with Crippen LogP contribution in [-0.2, 0) is 6.54 Å². The third-order valence-corrected chi connectivity index (χ3v) is 4.13. The zero-order valence-electron chi connectivity index (χ0n) is 13.8. The van der Waals surface area contributed by atoms with Crippen molar-refractivity contribution in [2.75, 3.05) is 0 Å². The fraction of sp³-hybridized carbons (Fsp3) is 0.0500. The first kappa shape index (κ1) is 15.8. The Labute approximate surface area is 149 Å². The maximum Gasteiger partial charge on any atom is 0.317 e. The molecule has 2 aromatic carbocycles. The number of rotatable bonds is 4. The minimum absolute atomic E-state index is 0.0754. The summed E-state index contributed by atoms with van der Waals surface area (Å²) in [6.45, 7) is 0.341. The van der Waals surface area contributed by atoms with E-state index in [4.69, 9.17) is 0 Å². The van der Waals surface area contributed by atoms with E-state index in [0.717, 1.165) is 28.0 Å². The number of hydrogen-bond acceptors (Lipinski definition) is 3. The van der Waals surface area contributed by atoms with Gasteiger partial charge >= 0.3 is 5.91 Å². The summed E-state index contributed by atoms with van der Waals surface area (Å²) in [5.41, 5.74) is 3.90. The molecule has 0 atom stereocenters. The average molecular weight is 344 g/mol. The zero-order chi connectivity index (χ0) is 17.9. The summed E-state index contributed by atoms with van der Waals surface area (Å²) in [7, 11) is 0. The SMILES string of the molecule is O=C(NCc1ccc(-c2nc3ccccc3[nH]2)cc1)c1cccc[n+]1[O-]. The highest BCUT2D eigenvalue weighted by Gasteiger charge is 2.14. The van der Waals surface area contributed by atoms with Gasteiger partial charge in [0.05, 0.1) is 11.0 Å². The Morgan fingerprint density at radius 1 is 1.04 bits per heavy atom. The minimum atomic E-state index is -0.401. The molecule has 0 aliphatic heterocycles. The summed E-state index contributed by atoms with van der Waals surface area (Å²) < 4.78 is 0.556. The number of nitrogens with one attached hydrogen (secondary N) is 2. The number of imidazole rings is 1. The van der Waals surface area contributed by atoms with Crippen molar-refractivity contribution in [2.45, 2.75) is 6.54 Å². The smallest absolute Gasteiger partial charge is 0.317 e. The molecule has 1 amide bonds. The first-order valence-corrected chi connectivity index (χ1v) is 8.21. The van der Waals surface area contributed by atoms with Gasteiger partial charge in [-0.2, -0.15) is 4.73 Å². The zero-order valence-corrected chi connectivity index (χ0v) is 13.8. The van der Waals surface area contributed by atoms with Gasteiger partial charge in [0.2, 0.25) is 0 Å². The van der Waals surface area contributed by atoms with Crippen LogP contribution in [0.15, 0.2) is 72.9 Å². The number of aromatic amines is 1. The molecule has 4 aromatic rings. The Balaban J connectivity index is 1.46. The molecule has 128 valence electrons. The van der Waals surface area contributed by atoms with Crippen molar-refractivity contribution in [1.29, 1.82) is 0 Å². The highest BCUT2D eigenvalue weighted by molar-refractivity contribution is 5.90. The Morgan fingerprint density at radius 2 is 1.81 bits per heavy atom. The van der Waals surface area contributed by atoms with Crippen LogP contribution in [0.25, 0.3) is 22.4 Å². The van der Waals surface area contributed by atoms with Crippen molar-refractivity contribution in [3.63, 3.8) is 0 Å². The second kappa shape index (κ2) is 6.68. The number of pyridine rings is 1. The predicted octanol–water partition coefficient (Wildman–Crippen LogP) is 2.79. The van der Waals surface area contributed by atoms with E-state index in [1.54, 1.807) is 12.1 Å². The summed E-state index contributed by atoms with van der Waals surface area (Å²) in [6.07, 6.45) is 1.30. The third kappa shape index (κ3) is 3.12. The molecule has 0 fully saturated rings. The Kier molecular flexibility index (Phi) is 4.07. The van der Waals surface area contributed by atoms with E-state index in [9.17, 15) is 10.0 Å². The fourth-order valence-electron chi connectivity index (χ4n) is 2.75. The number of hydrogen-bond donors (Lipinski definition) is 2. The number of nitrogens with zero attached hydrogens (tertiary/aromatic N) is 2. The monoisotopic (exact) mass is 344 g/mol. The van der Waals surface area contributed by atoms with E-state index in [1.165, 1.54) is 12.3 Å². The molecule has 2 heterocycles. The van der Waals surface area contributed by atoms with E-state index in [0.29, 0.717) is 11.3 Å². The van der Waals surface area contributed by atoms with Gasteiger partial charge in [-0.1, -0.05) is 36.4 Å². The topological polar surface area (TPSA) is 84.7 Å². The first-order valence-electron chi connectivity index (χ1n) is 8.21. The van der Waals surface area contributed by atoms with Crippen LogP contribution < -0.4 is 10.0 Å². The van der Waals surface area contributed by atoms with Gasteiger partial charge in [0.15, 0.2) is 6.20 Å². The average Bonchev–Trinajstić information content (AvgIpc) is 3.11. The molecular weight excluding hydrogens is 328 g/mol. The highest BCUT2D eigenvalue weighted by atomic mass is 16.5. The Morgan fingerprint density at radius 3 is 2.58 bits per heavy atom. The van der Waals surface area contributed by atoms with Crippen molar-refractivity contribution >= 4 is 16.9 Å². The molecule has 2 N–H and O–H groups in total. The second-order valence-corrected chi connectivity index (χ2v) is 5.89. The van der Waals surface area contributed by atoms with E-state index in [2.05, 4.69) is 15.3 Å². The lowest BCUT2D eigenvalue weighted by molar-refractivity contribution is -0.607. The minimum Gasteiger partial charge on any atom is -0.618 e. The van der Waals surface area contributed by atoms with Crippen molar-refractivity contribution < 1.29 is 9.52 Å². The molecule has 6 heteroatoms. The predicted molar refractivity (Wildman–Crippen MR) is 98.1 cm³/mol.